The van der Waals surface area contributed by atoms with Crippen LogP contribution in [0, 0.1) is 0 Å². The smallest absolute Gasteiger partial charge is 0.344 e. The van der Waals surface area contributed by atoms with Crippen molar-refractivity contribution in [3.05, 3.63) is 316 Å². The number of aliphatic carboxylic acids is 3. The summed E-state index contributed by atoms with van der Waals surface area (Å²) >= 11 is 0. The number of likely N-dealkylation sites (N-methyl/N-ethyl adjacent to an activating group) is 3. The van der Waals surface area contributed by atoms with Crippen LogP contribution in [0.5, 0.6) is 40.2 Å². The Kier molecular flexibility index (Phi) is 38.3. The Balaban J connectivity index is 0.000000156. The number of benzene rings is 10. The van der Waals surface area contributed by atoms with Gasteiger partial charge in [-0.05, 0) is 202 Å². The lowest BCUT2D eigenvalue weighted by Gasteiger charge is -2.35. The first-order valence-electron chi connectivity index (χ1n) is 46.0. The van der Waals surface area contributed by atoms with Gasteiger partial charge in [0, 0.05) is 80.0 Å². The zero-order valence-electron chi connectivity index (χ0n) is 75.8. The molecule has 12 atom stereocenters. The van der Waals surface area contributed by atoms with E-state index in [0.717, 1.165) is 128 Å². The number of phenolic OH excluding ortho intramolecular Hbond substituents is 1. The van der Waals surface area contributed by atoms with Gasteiger partial charge in [-0.15, -0.1) is 0 Å². The van der Waals surface area contributed by atoms with Gasteiger partial charge < -0.3 is 78.9 Å². The van der Waals surface area contributed by atoms with Crippen LogP contribution in [-0.4, -0.2) is 242 Å². The van der Waals surface area contributed by atoms with E-state index in [4.69, 9.17) is 48.8 Å². The highest BCUT2D eigenvalue weighted by Crippen LogP contribution is 2.37. The summed E-state index contributed by atoms with van der Waals surface area (Å²) in [7, 11) is 5.61. The van der Waals surface area contributed by atoms with E-state index in [1.807, 2.05) is 218 Å². The Morgan fingerprint density at radius 1 is 0.304 bits per heavy atom. The van der Waals surface area contributed by atoms with E-state index in [9.17, 15) is 48.9 Å². The van der Waals surface area contributed by atoms with Crippen molar-refractivity contribution in [2.45, 2.75) is 191 Å². The summed E-state index contributed by atoms with van der Waals surface area (Å²) < 4.78 is 34.0. The fourth-order valence-electron chi connectivity index (χ4n) is 17.9. The zero-order chi connectivity index (χ0) is 93.9. The van der Waals surface area contributed by atoms with Crippen LogP contribution in [-0.2, 0) is 67.3 Å². The standard InChI is InChI=1S/3C23H28N2O3.3C10H10O3.C8H8O2.2CH4/c3*1-24(23(27)22-12-11-18-9-5-6-10-21(18)28-22)20(17-7-3-2-4-8-17)16-25-14-13-19(26)15-25;3*11-10(12)9-6-5-7-3-1-2-4-8(7)13-9;1-6(9)7-4-2-3-5-8(7)10;;/h3*2-10,19-20,22,26H,11-16H2,1H3;3*1-4,9H,5-6H2,(H,11,12);2-5,10H,1H3;2*1H4/t19-,20?,22?;19-,20?,22+;19-,20?,22-;2*9-;;;;/m00010..../s1. The fraction of sp³-hybridized carbons (Fsp3) is 0.385. The molecule has 0 radical (unpaired) electrons. The van der Waals surface area contributed by atoms with Crippen molar-refractivity contribution in [2.24, 2.45) is 0 Å². The number of likely N-dealkylation sites (tertiary alicyclic amines) is 3. The second kappa shape index (κ2) is 50.4. The van der Waals surface area contributed by atoms with Crippen molar-refractivity contribution < 1.29 is 97.7 Å². The van der Waals surface area contributed by atoms with Gasteiger partial charge in [0.15, 0.2) is 42.4 Å². The molecule has 10 aromatic carbocycles. The molecule has 0 aliphatic carbocycles. The predicted molar refractivity (Wildman–Crippen MR) is 517 cm³/mol. The molecule has 9 aliphatic rings. The number of amides is 3. The van der Waals surface area contributed by atoms with Crippen LogP contribution in [0.4, 0.5) is 0 Å². The Labute approximate surface area is 792 Å². The molecule has 3 amide bonds. The number of nitrogens with zero attached hydrogens (tertiary/aromatic N) is 6. The first-order chi connectivity index (χ1) is 64.4. The van der Waals surface area contributed by atoms with Gasteiger partial charge in [0.2, 0.25) is 0 Å². The first kappa shape index (κ1) is 103. The van der Waals surface area contributed by atoms with Gasteiger partial charge in [-0.25, -0.2) is 14.4 Å². The lowest BCUT2D eigenvalue weighted by molar-refractivity contribution is -0.146. The van der Waals surface area contributed by atoms with E-state index in [0.29, 0.717) is 101 Å². The Morgan fingerprint density at radius 2 is 0.511 bits per heavy atom. The summed E-state index contributed by atoms with van der Waals surface area (Å²) in [5.74, 6) is 1.93. The number of hydrogen-bond donors (Lipinski definition) is 7. The molecule has 3 saturated heterocycles. The highest BCUT2D eigenvalue weighted by molar-refractivity contribution is 5.96. The Morgan fingerprint density at radius 3 is 0.719 bits per heavy atom. The number of para-hydroxylation sites is 7. The molecule has 0 saturated carbocycles. The minimum atomic E-state index is -0.880. The number of Topliss-reactive ketones (excluding diaryl/α,β-unsaturated/α-hetero) is 1. The Bertz CT molecular complexity index is 5010. The van der Waals surface area contributed by atoms with Crippen LogP contribution in [0.15, 0.2) is 261 Å². The average molecular weight is 1840 g/mol. The number of β-amino-alcohol motifs (C(OH)–C–C–N with tert-alkyl or cyclic N) is 3. The maximum atomic E-state index is 13.3. The van der Waals surface area contributed by atoms with E-state index in [1.165, 1.54) is 29.7 Å². The number of rotatable bonds is 19. The molecule has 5 unspecified atom stereocenters. The van der Waals surface area contributed by atoms with Crippen LogP contribution < -0.4 is 28.4 Å². The van der Waals surface area contributed by atoms with Gasteiger partial charge in [-0.2, -0.15) is 0 Å². The van der Waals surface area contributed by atoms with Crippen LogP contribution in [0.1, 0.15) is 158 Å². The molecular formula is C109H130N6O20. The maximum absolute atomic E-state index is 13.3. The Hall–Kier alpha value is -13.0. The third-order valence-electron chi connectivity index (χ3n) is 25.5. The molecule has 10 aromatic rings. The summed E-state index contributed by atoms with van der Waals surface area (Å²) in [6.45, 7) is 8.15. The van der Waals surface area contributed by atoms with Crippen molar-refractivity contribution in [3.8, 4) is 40.2 Å². The maximum Gasteiger partial charge on any atom is 0.344 e. The number of carboxylic acid groups (broad SMARTS) is 3. The lowest BCUT2D eigenvalue weighted by atomic mass is 10.00. The molecule has 716 valence electrons. The number of aryl methyl sites for hydroxylation is 6. The largest absolute Gasteiger partial charge is 0.507 e. The van der Waals surface area contributed by atoms with Crippen LogP contribution in [0.3, 0.4) is 0 Å². The van der Waals surface area contributed by atoms with Crippen molar-refractivity contribution >= 4 is 41.4 Å². The number of carboxylic acids is 3. The van der Waals surface area contributed by atoms with E-state index in [1.54, 1.807) is 18.2 Å². The summed E-state index contributed by atoms with van der Waals surface area (Å²) in [6.07, 6.45) is 6.92. The van der Waals surface area contributed by atoms with Crippen LogP contribution in [0.25, 0.3) is 0 Å². The van der Waals surface area contributed by atoms with Gasteiger partial charge in [0.05, 0.1) is 42.0 Å². The number of carbonyl (C=O) groups excluding carboxylic acids is 4. The highest BCUT2D eigenvalue weighted by Gasteiger charge is 2.39. The van der Waals surface area contributed by atoms with Crippen molar-refractivity contribution in [1.82, 2.24) is 29.4 Å². The highest BCUT2D eigenvalue weighted by atomic mass is 16.5. The molecule has 19 rings (SSSR count). The van der Waals surface area contributed by atoms with E-state index in [2.05, 4.69) is 69.3 Å². The third kappa shape index (κ3) is 28.6. The number of aliphatic hydroxyl groups excluding tert-OH is 3. The molecule has 7 N–H and O–H groups in total. The summed E-state index contributed by atoms with van der Waals surface area (Å²) in [5.41, 5.74) is 10.5. The predicted octanol–water partition coefficient (Wildman–Crippen LogP) is 15.2. The minimum absolute atomic E-state index is 0. The molecule has 9 heterocycles. The lowest BCUT2D eigenvalue weighted by Crippen LogP contribution is -2.46. The van der Waals surface area contributed by atoms with Crippen molar-refractivity contribution in [3.63, 3.8) is 0 Å². The SMILES string of the molecule is C.C.CC(=O)c1ccccc1O.CN(C(=O)C1CCc2ccccc2O1)C(CN1CC[C@H](O)C1)c1ccccc1.CN(C(=O)[C@@H]1CCc2ccccc2O1)C(CN1CC[C@H](O)C1)c1ccccc1.CN(C(=O)[C@H]1CCc2ccccc2O1)C(CN1CC[C@H](O)C1)c1ccccc1.O=C(O)C1CCc2ccccc2O1.O=C(O)[C@@H]1CCc2ccccc2O1.O=C(O)[C@H]1CCc2ccccc2O1. The quantitative estimate of drug-likeness (QED) is 0.0370. The second-order valence-corrected chi connectivity index (χ2v) is 34.8. The summed E-state index contributed by atoms with van der Waals surface area (Å²) in [4.78, 5) is 94.7. The first-order valence-corrected chi connectivity index (χ1v) is 46.0. The second-order valence-electron chi connectivity index (χ2n) is 34.8. The number of hydrogen-bond acceptors (Lipinski definition) is 20. The van der Waals surface area contributed by atoms with Crippen LogP contribution >= 0.6 is 0 Å². The normalized spacial score (nSPS) is 20.8. The fourth-order valence-corrected chi connectivity index (χ4v) is 17.9. The van der Waals surface area contributed by atoms with Gasteiger partial charge in [0.25, 0.3) is 17.7 Å². The van der Waals surface area contributed by atoms with Gasteiger partial charge >= 0.3 is 17.9 Å². The van der Waals surface area contributed by atoms with E-state index >= 15 is 0 Å². The minimum Gasteiger partial charge on any atom is -0.507 e. The number of phenols is 1. The summed E-state index contributed by atoms with van der Waals surface area (Å²) in [5, 5.41) is 64.9. The number of ketones is 1. The molecule has 26 heteroatoms. The molecular weight excluding hydrogens is 1710 g/mol. The molecule has 0 bridgehead atoms. The van der Waals surface area contributed by atoms with Crippen molar-refractivity contribution in [1.29, 1.82) is 0 Å². The van der Waals surface area contributed by atoms with Gasteiger partial charge in [-0.1, -0.05) is 227 Å². The number of aromatic hydroxyl groups is 1. The van der Waals surface area contributed by atoms with E-state index in [-0.39, 0.29) is 80.5 Å². The number of fused-ring (bicyclic) bond motifs is 6. The number of ether oxygens (including phenoxy) is 6. The zero-order valence-corrected chi connectivity index (χ0v) is 75.8. The summed E-state index contributed by atoms with van der Waals surface area (Å²) in [6, 6.07) is 83.2. The van der Waals surface area contributed by atoms with E-state index < -0.39 is 54.5 Å². The molecule has 0 aromatic heterocycles. The number of carbonyl (C=O) groups is 7. The monoisotopic (exact) mass is 1840 g/mol. The molecule has 3 fully saturated rings. The van der Waals surface area contributed by atoms with Crippen molar-refractivity contribution in [2.75, 3.05) is 80.0 Å². The topological polar surface area (TPSA) is 336 Å². The third-order valence-corrected chi connectivity index (χ3v) is 25.5. The van der Waals surface area contributed by atoms with Gasteiger partial charge in [-0.3, -0.25) is 33.9 Å². The average Bonchev–Trinajstić information content (AvgIpc) is 1.35. The molecule has 9 aliphatic heterocycles. The number of aliphatic hydroxyl groups is 3. The molecule has 135 heavy (non-hydrogen) atoms. The van der Waals surface area contributed by atoms with Gasteiger partial charge in [0.1, 0.15) is 40.2 Å². The molecule has 0 spiro atoms. The molecule has 26 nitrogen and oxygen atoms in total. The van der Waals surface area contributed by atoms with Crippen LogP contribution in [0.2, 0.25) is 0 Å².